The molecule has 1 amide bonds. The minimum absolute atomic E-state index is 0.380. The molecule has 0 radical (unpaired) electrons. The number of aliphatic hydroxyl groups is 4. The molecule has 0 aliphatic rings. The van der Waals surface area contributed by atoms with Crippen molar-refractivity contribution < 1.29 is 25.2 Å². The number of nitrogens with one attached hydrogen (secondary N) is 1. The Balaban J connectivity index is 3.87. The lowest BCUT2D eigenvalue weighted by Crippen LogP contribution is -2.48. The van der Waals surface area contributed by atoms with Crippen molar-refractivity contribution in [2.75, 3.05) is 6.61 Å². The second-order valence-corrected chi connectivity index (χ2v) is 12.6. The highest BCUT2D eigenvalue weighted by atomic mass is 16.3. The Hall–Kier alpha value is -0.950. The molecule has 0 aromatic carbocycles. The molecule has 42 heavy (non-hydrogen) atoms. The largest absolute Gasteiger partial charge is 0.394 e. The number of hydrogen-bond acceptors (Lipinski definition) is 5. The molecule has 250 valence electrons. The first-order chi connectivity index (χ1) is 20.5. The molecular weight excluding hydrogens is 526 g/mol. The van der Waals surface area contributed by atoms with Gasteiger partial charge in [-0.25, -0.2) is 0 Å². The number of carbonyl (C=O) groups excluding carboxylic acids is 1. The van der Waals surface area contributed by atoms with Gasteiger partial charge in [0, 0.05) is 0 Å². The Morgan fingerprint density at radius 2 is 0.905 bits per heavy atom. The van der Waals surface area contributed by atoms with Crippen LogP contribution >= 0.6 is 0 Å². The van der Waals surface area contributed by atoms with Gasteiger partial charge in [-0.05, 0) is 12.8 Å². The lowest BCUT2D eigenvalue weighted by atomic mass is 10.0. The molecule has 0 aliphatic heterocycles. The SMILES string of the molecule is CCCCCCCCCCCCCCCCC(O)C(=O)N[C@@H](CO)[C@H](O)/C=C/C(O)CCCCCCCCCCCC. The van der Waals surface area contributed by atoms with E-state index in [2.05, 4.69) is 19.2 Å². The van der Waals surface area contributed by atoms with Gasteiger partial charge in [-0.2, -0.15) is 0 Å². The fourth-order valence-electron chi connectivity index (χ4n) is 5.49. The maximum atomic E-state index is 12.4. The van der Waals surface area contributed by atoms with E-state index in [1.807, 2.05) is 0 Å². The summed E-state index contributed by atoms with van der Waals surface area (Å²) in [6.07, 6.45) is 31.0. The third-order valence-corrected chi connectivity index (χ3v) is 8.45. The van der Waals surface area contributed by atoms with E-state index in [0.717, 1.165) is 32.1 Å². The minimum Gasteiger partial charge on any atom is -0.394 e. The molecule has 0 aliphatic carbocycles. The van der Waals surface area contributed by atoms with Crippen LogP contribution in [0.25, 0.3) is 0 Å². The highest BCUT2D eigenvalue weighted by Gasteiger charge is 2.22. The molecule has 0 heterocycles. The summed E-state index contributed by atoms with van der Waals surface area (Å²) in [4.78, 5) is 12.4. The molecule has 5 N–H and O–H groups in total. The van der Waals surface area contributed by atoms with Crippen LogP contribution in [0.4, 0.5) is 0 Å². The van der Waals surface area contributed by atoms with E-state index in [1.165, 1.54) is 134 Å². The van der Waals surface area contributed by atoms with Gasteiger partial charge in [-0.15, -0.1) is 0 Å². The predicted octanol–water partition coefficient (Wildman–Crippen LogP) is 8.28. The van der Waals surface area contributed by atoms with Crippen LogP contribution in [-0.4, -0.2) is 57.3 Å². The summed E-state index contributed by atoms with van der Waals surface area (Å²) in [6.45, 7) is 4.05. The zero-order valence-electron chi connectivity index (χ0n) is 27.8. The summed E-state index contributed by atoms with van der Waals surface area (Å²) in [5, 5.41) is 43.1. The summed E-state index contributed by atoms with van der Waals surface area (Å²) in [6, 6.07) is -0.913. The van der Waals surface area contributed by atoms with Crippen LogP contribution in [0, 0.1) is 0 Å². The predicted molar refractivity (Wildman–Crippen MR) is 178 cm³/mol. The number of carbonyl (C=O) groups is 1. The second-order valence-electron chi connectivity index (χ2n) is 12.6. The van der Waals surface area contributed by atoms with Gasteiger partial charge in [-0.3, -0.25) is 4.79 Å². The lowest BCUT2D eigenvalue weighted by molar-refractivity contribution is -0.131. The van der Waals surface area contributed by atoms with Crippen LogP contribution in [-0.2, 0) is 4.79 Å². The highest BCUT2D eigenvalue weighted by molar-refractivity contribution is 5.80. The Morgan fingerprint density at radius 3 is 1.29 bits per heavy atom. The van der Waals surface area contributed by atoms with E-state index >= 15 is 0 Å². The summed E-state index contributed by atoms with van der Waals surface area (Å²) in [5.41, 5.74) is 0. The zero-order valence-corrected chi connectivity index (χ0v) is 27.8. The molecule has 0 aromatic rings. The van der Waals surface area contributed by atoms with Crippen molar-refractivity contribution >= 4 is 5.91 Å². The third-order valence-electron chi connectivity index (χ3n) is 8.45. The monoisotopic (exact) mass is 598 g/mol. The average molecular weight is 598 g/mol. The molecule has 2 unspecified atom stereocenters. The Labute approximate surface area is 260 Å². The van der Waals surface area contributed by atoms with Crippen molar-refractivity contribution in [1.82, 2.24) is 5.32 Å². The van der Waals surface area contributed by atoms with Crippen LogP contribution in [0.3, 0.4) is 0 Å². The van der Waals surface area contributed by atoms with Gasteiger partial charge in [0.25, 0.3) is 0 Å². The number of hydrogen-bond donors (Lipinski definition) is 5. The Kier molecular flexibility index (Phi) is 30.8. The van der Waals surface area contributed by atoms with Gasteiger partial charge in [0.15, 0.2) is 0 Å². The summed E-state index contributed by atoms with van der Waals surface area (Å²) in [5.74, 6) is -0.567. The fourth-order valence-corrected chi connectivity index (χ4v) is 5.49. The van der Waals surface area contributed by atoms with E-state index in [0.29, 0.717) is 12.8 Å². The normalized spacial score (nSPS) is 14.7. The maximum Gasteiger partial charge on any atom is 0.249 e. The van der Waals surface area contributed by atoms with Crippen LogP contribution in [0.15, 0.2) is 12.2 Å². The maximum absolute atomic E-state index is 12.4. The second kappa shape index (κ2) is 31.5. The smallest absolute Gasteiger partial charge is 0.249 e. The van der Waals surface area contributed by atoms with Crippen molar-refractivity contribution in [1.29, 1.82) is 0 Å². The molecule has 6 heteroatoms. The van der Waals surface area contributed by atoms with Gasteiger partial charge < -0.3 is 25.7 Å². The van der Waals surface area contributed by atoms with E-state index < -0.39 is 36.9 Å². The van der Waals surface area contributed by atoms with Crippen LogP contribution < -0.4 is 5.32 Å². The van der Waals surface area contributed by atoms with Crippen molar-refractivity contribution in [2.24, 2.45) is 0 Å². The number of aliphatic hydroxyl groups excluding tert-OH is 4. The van der Waals surface area contributed by atoms with E-state index in [9.17, 15) is 25.2 Å². The standard InChI is InChI=1S/C36H71NO5/c1-3-5-7-9-11-13-15-16-17-18-20-22-24-26-28-35(41)36(42)37-33(31-38)34(40)30-29-32(39)27-25-23-21-19-14-12-10-8-6-4-2/h29-30,32-35,38-41H,3-28,31H2,1-2H3,(H,37,42)/b30-29+/t32?,33-,34+,35?/m0/s1. The van der Waals surface area contributed by atoms with Crippen LogP contribution in [0.2, 0.25) is 0 Å². The van der Waals surface area contributed by atoms with Crippen molar-refractivity contribution in [3.63, 3.8) is 0 Å². The van der Waals surface area contributed by atoms with Gasteiger partial charge in [0.05, 0.1) is 24.9 Å². The summed E-state index contributed by atoms with van der Waals surface area (Å²) in [7, 11) is 0. The number of amides is 1. The topological polar surface area (TPSA) is 110 Å². The van der Waals surface area contributed by atoms with Crippen molar-refractivity contribution in [2.45, 2.75) is 205 Å². The number of unbranched alkanes of at least 4 members (excludes halogenated alkanes) is 22. The summed E-state index contributed by atoms with van der Waals surface area (Å²) < 4.78 is 0. The van der Waals surface area contributed by atoms with E-state index in [4.69, 9.17) is 0 Å². The molecule has 0 bridgehead atoms. The molecular formula is C36H71NO5. The Morgan fingerprint density at radius 1 is 0.548 bits per heavy atom. The van der Waals surface area contributed by atoms with Gasteiger partial charge >= 0.3 is 0 Å². The molecule has 0 saturated carbocycles. The quantitative estimate of drug-likeness (QED) is 0.0396. The molecule has 4 atom stereocenters. The first kappa shape index (κ1) is 41.0. The van der Waals surface area contributed by atoms with Crippen LogP contribution in [0.1, 0.15) is 181 Å². The van der Waals surface area contributed by atoms with Crippen molar-refractivity contribution in [3.05, 3.63) is 12.2 Å². The zero-order chi connectivity index (χ0) is 31.1. The molecule has 0 saturated heterocycles. The van der Waals surface area contributed by atoms with Crippen LogP contribution in [0.5, 0.6) is 0 Å². The van der Waals surface area contributed by atoms with Crippen molar-refractivity contribution in [3.8, 4) is 0 Å². The van der Waals surface area contributed by atoms with Gasteiger partial charge in [0.2, 0.25) is 5.91 Å². The van der Waals surface area contributed by atoms with E-state index in [1.54, 1.807) is 0 Å². The third kappa shape index (κ3) is 26.7. The highest BCUT2D eigenvalue weighted by Crippen LogP contribution is 2.15. The molecule has 6 nitrogen and oxygen atoms in total. The lowest BCUT2D eigenvalue weighted by Gasteiger charge is -2.22. The van der Waals surface area contributed by atoms with Gasteiger partial charge in [0.1, 0.15) is 6.10 Å². The number of rotatable bonds is 32. The van der Waals surface area contributed by atoms with E-state index in [-0.39, 0.29) is 0 Å². The summed E-state index contributed by atoms with van der Waals surface area (Å²) >= 11 is 0. The average Bonchev–Trinajstić information content (AvgIpc) is 2.99. The van der Waals surface area contributed by atoms with Gasteiger partial charge in [-0.1, -0.05) is 180 Å². The molecule has 0 spiro atoms. The minimum atomic E-state index is -1.14. The first-order valence-corrected chi connectivity index (χ1v) is 18.1. The molecule has 0 aromatic heterocycles. The molecule has 0 rings (SSSR count). The fraction of sp³-hybridized carbons (Fsp3) is 0.917. The molecule has 0 fully saturated rings. The Bertz CT molecular complexity index is 599. The first-order valence-electron chi connectivity index (χ1n) is 18.1.